The zero-order valence-electron chi connectivity index (χ0n) is 11.6. The molecule has 0 spiro atoms. The van der Waals surface area contributed by atoms with Crippen LogP contribution in [0.5, 0.6) is 0 Å². The molecule has 0 aromatic heterocycles. The summed E-state index contributed by atoms with van der Waals surface area (Å²) in [5, 5.41) is 2.86. The summed E-state index contributed by atoms with van der Waals surface area (Å²) in [5.41, 5.74) is 7.94. The number of hydrogen-bond donors (Lipinski definition) is 2. The average molecular weight is 296 g/mol. The Labute approximate surface area is 121 Å². The first kappa shape index (κ1) is 15.0. The summed E-state index contributed by atoms with van der Waals surface area (Å²) in [6.45, 7) is 3.14. The minimum Gasteiger partial charge on any atom is -0.399 e. The molecule has 6 heteroatoms. The van der Waals surface area contributed by atoms with E-state index in [2.05, 4.69) is 5.32 Å². The molecule has 1 atom stereocenters. The van der Waals surface area contributed by atoms with Crippen LogP contribution in [0.2, 0.25) is 0 Å². The number of aryl methyl sites for hydroxylation is 1. The fraction of sp³-hybridized carbons (Fsp3) is 0.500. The minimum atomic E-state index is -1.14. The van der Waals surface area contributed by atoms with E-state index in [0.29, 0.717) is 24.6 Å². The van der Waals surface area contributed by atoms with Crippen LogP contribution in [-0.4, -0.2) is 34.3 Å². The lowest BCUT2D eigenvalue weighted by atomic mass is 10.2. The largest absolute Gasteiger partial charge is 0.399 e. The van der Waals surface area contributed by atoms with Crippen molar-refractivity contribution in [1.29, 1.82) is 0 Å². The fourth-order valence-electron chi connectivity index (χ4n) is 2.20. The third-order valence-electron chi connectivity index (χ3n) is 3.34. The van der Waals surface area contributed by atoms with Gasteiger partial charge in [0.2, 0.25) is 5.91 Å². The Balaban J connectivity index is 1.90. The number of hydrogen-bond acceptors (Lipinski definition) is 4. The van der Waals surface area contributed by atoms with Gasteiger partial charge in [0.25, 0.3) is 0 Å². The molecule has 1 aliphatic rings. The third-order valence-corrected chi connectivity index (χ3v) is 5.10. The van der Waals surface area contributed by atoms with Gasteiger partial charge in [-0.2, -0.15) is 0 Å². The van der Waals surface area contributed by atoms with Gasteiger partial charge in [0, 0.05) is 40.6 Å². The smallest absolute Gasteiger partial charge is 0.237 e. The number of carbonyl (C=O) groups excluding carboxylic acids is 1. The lowest BCUT2D eigenvalue weighted by Gasteiger charge is -2.21. The predicted octanol–water partition coefficient (Wildman–Crippen LogP) is 1.44. The van der Waals surface area contributed by atoms with E-state index in [1.165, 1.54) is 0 Å². The summed E-state index contributed by atoms with van der Waals surface area (Å²) < 4.78 is 17.3. The Bertz CT molecular complexity index is 513. The molecule has 1 aromatic rings. The first-order valence-corrected chi connectivity index (χ1v) is 8.05. The summed E-state index contributed by atoms with van der Waals surface area (Å²) >= 11 is 0. The van der Waals surface area contributed by atoms with E-state index >= 15 is 0 Å². The summed E-state index contributed by atoms with van der Waals surface area (Å²) in [6, 6.07) is 5.29. The van der Waals surface area contributed by atoms with Crippen LogP contribution in [0.25, 0.3) is 0 Å². The number of anilines is 2. The molecule has 1 heterocycles. The van der Waals surface area contributed by atoms with Crippen molar-refractivity contribution in [2.24, 2.45) is 0 Å². The highest BCUT2D eigenvalue weighted by Gasteiger charge is 2.22. The van der Waals surface area contributed by atoms with Gasteiger partial charge in [0.1, 0.15) is 5.75 Å². The molecule has 20 heavy (non-hydrogen) atoms. The topological polar surface area (TPSA) is 81.4 Å². The van der Waals surface area contributed by atoms with Gasteiger partial charge in [-0.1, -0.05) is 0 Å². The van der Waals surface area contributed by atoms with Crippen LogP contribution in [-0.2, 0) is 20.3 Å². The van der Waals surface area contributed by atoms with Crippen molar-refractivity contribution in [2.45, 2.75) is 25.0 Å². The molecule has 5 nitrogen and oxygen atoms in total. The van der Waals surface area contributed by atoms with Gasteiger partial charge in [-0.15, -0.1) is 0 Å². The van der Waals surface area contributed by atoms with Crippen LogP contribution >= 0.6 is 0 Å². The average Bonchev–Trinajstić information content (AvgIpc) is 2.43. The van der Waals surface area contributed by atoms with Gasteiger partial charge in [-0.05, 0) is 43.5 Å². The van der Waals surface area contributed by atoms with Crippen LogP contribution in [0, 0.1) is 6.92 Å². The number of amides is 1. The van der Waals surface area contributed by atoms with Crippen LogP contribution < -0.4 is 11.1 Å². The maximum Gasteiger partial charge on any atom is 0.237 e. The Hall–Kier alpha value is -1.40. The molecule has 0 bridgehead atoms. The first-order valence-electron chi connectivity index (χ1n) is 6.67. The van der Waals surface area contributed by atoms with Crippen molar-refractivity contribution in [3.05, 3.63) is 23.8 Å². The lowest BCUT2D eigenvalue weighted by molar-refractivity contribution is -0.113. The molecular weight excluding hydrogens is 276 g/mol. The molecule has 3 N–H and O–H groups in total. The normalized spacial score (nSPS) is 17.6. The second-order valence-corrected chi connectivity index (χ2v) is 6.68. The Morgan fingerprint density at radius 1 is 1.45 bits per heavy atom. The summed E-state index contributed by atoms with van der Waals surface area (Å²) in [5.74, 6) is -0.184. The SMILES string of the molecule is Cc1cc(N)ccc1NC(=O)CS(=O)C1CCOCC1. The van der Waals surface area contributed by atoms with E-state index < -0.39 is 10.8 Å². The number of rotatable bonds is 4. The molecular formula is C14H20N2O3S. The number of nitrogens with one attached hydrogen (secondary N) is 1. The van der Waals surface area contributed by atoms with E-state index in [-0.39, 0.29) is 16.9 Å². The first-order chi connectivity index (χ1) is 9.56. The molecule has 2 rings (SSSR count). The van der Waals surface area contributed by atoms with E-state index in [4.69, 9.17) is 10.5 Å². The van der Waals surface area contributed by atoms with Crippen molar-refractivity contribution in [3.63, 3.8) is 0 Å². The molecule has 0 radical (unpaired) electrons. The summed E-state index contributed by atoms with van der Waals surface area (Å²) in [7, 11) is -1.14. The number of nitrogen functional groups attached to an aromatic ring is 1. The number of nitrogens with two attached hydrogens (primary N) is 1. The van der Waals surface area contributed by atoms with E-state index in [0.717, 1.165) is 18.4 Å². The van der Waals surface area contributed by atoms with Crippen molar-refractivity contribution >= 4 is 28.1 Å². The number of benzene rings is 1. The Morgan fingerprint density at radius 3 is 2.80 bits per heavy atom. The highest BCUT2D eigenvalue weighted by Crippen LogP contribution is 2.18. The van der Waals surface area contributed by atoms with E-state index in [1.807, 2.05) is 6.92 Å². The van der Waals surface area contributed by atoms with Gasteiger partial charge in [-0.3, -0.25) is 9.00 Å². The van der Waals surface area contributed by atoms with Crippen molar-refractivity contribution in [2.75, 3.05) is 30.0 Å². The standard InChI is InChI=1S/C14H20N2O3S/c1-10-8-11(15)2-3-13(10)16-14(17)9-20(18)12-4-6-19-7-5-12/h2-3,8,12H,4-7,9,15H2,1H3,(H,16,17). The molecule has 1 fully saturated rings. The van der Waals surface area contributed by atoms with Gasteiger partial charge in [-0.25, -0.2) is 0 Å². The van der Waals surface area contributed by atoms with Crippen LogP contribution in [0.15, 0.2) is 18.2 Å². The minimum absolute atomic E-state index is 0.0362. The molecule has 0 aliphatic carbocycles. The molecule has 1 saturated heterocycles. The number of ether oxygens (including phenoxy) is 1. The maximum atomic E-state index is 12.1. The van der Waals surface area contributed by atoms with Gasteiger partial charge in [0.05, 0.1) is 0 Å². The van der Waals surface area contributed by atoms with Crippen LogP contribution in [0.1, 0.15) is 18.4 Å². The molecule has 1 unspecified atom stereocenters. The third kappa shape index (κ3) is 4.05. The Kier molecular flexibility index (Phi) is 5.14. The maximum absolute atomic E-state index is 12.1. The molecule has 1 aliphatic heterocycles. The fourth-order valence-corrected chi connectivity index (χ4v) is 3.48. The summed E-state index contributed by atoms with van der Waals surface area (Å²) in [6.07, 6.45) is 1.53. The molecule has 1 aromatic carbocycles. The lowest BCUT2D eigenvalue weighted by Crippen LogP contribution is -2.30. The molecule has 0 saturated carbocycles. The van der Waals surface area contributed by atoms with Crippen molar-refractivity contribution < 1.29 is 13.7 Å². The monoisotopic (exact) mass is 296 g/mol. The van der Waals surface area contributed by atoms with Crippen molar-refractivity contribution in [1.82, 2.24) is 0 Å². The van der Waals surface area contributed by atoms with E-state index in [1.54, 1.807) is 18.2 Å². The summed E-state index contributed by atoms with van der Waals surface area (Å²) in [4.78, 5) is 11.9. The van der Waals surface area contributed by atoms with Gasteiger partial charge < -0.3 is 15.8 Å². The van der Waals surface area contributed by atoms with E-state index in [9.17, 15) is 9.00 Å². The zero-order chi connectivity index (χ0) is 14.5. The quantitative estimate of drug-likeness (QED) is 0.824. The second kappa shape index (κ2) is 6.85. The second-order valence-electron chi connectivity index (χ2n) is 4.96. The van der Waals surface area contributed by atoms with Crippen LogP contribution in [0.4, 0.5) is 11.4 Å². The highest BCUT2D eigenvalue weighted by atomic mass is 32.2. The van der Waals surface area contributed by atoms with Crippen molar-refractivity contribution in [3.8, 4) is 0 Å². The van der Waals surface area contributed by atoms with Gasteiger partial charge in [0.15, 0.2) is 0 Å². The van der Waals surface area contributed by atoms with Crippen LogP contribution in [0.3, 0.4) is 0 Å². The molecule has 1 amide bonds. The predicted molar refractivity (Wildman–Crippen MR) is 81.1 cm³/mol. The zero-order valence-corrected chi connectivity index (χ0v) is 12.4. The van der Waals surface area contributed by atoms with Gasteiger partial charge >= 0.3 is 0 Å². The Morgan fingerprint density at radius 2 is 2.15 bits per heavy atom. The number of carbonyl (C=O) groups is 1. The highest BCUT2D eigenvalue weighted by molar-refractivity contribution is 7.86. The molecule has 110 valence electrons.